The van der Waals surface area contributed by atoms with Crippen molar-refractivity contribution in [1.82, 2.24) is 14.8 Å². The summed E-state index contributed by atoms with van der Waals surface area (Å²) in [6.07, 6.45) is -0.313. The molecule has 0 aliphatic rings. The van der Waals surface area contributed by atoms with Crippen LogP contribution in [0, 0.1) is 0 Å². The first-order chi connectivity index (χ1) is 8.08. The van der Waals surface area contributed by atoms with E-state index in [9.17, 15) is 9.59 Å². The van der Waals surface area contributed by atoms with E-state index in [1.807, 2.05) is 6.07 Å². The molecule has 2 N–H and O–H groups in total. The zero-order valence-electron chi connectivity index (χ0n) is 8.55. The third kappa shape index (κ3) is 2.44. The minimum absolute atomic E-state index is 0.123. The molecular formula is C10H8BrN3O3. The Morgan fingerprint density at radius 3 is 2.82 bits per heavy atom. The van der Waals surface area contributed by atoms with Gasteiger partial charge in [-0.3, -0.25) is 9.78 Å². The maximum atomic E-state index is 11.6. The molecule has 0 saturated heterocycles. The zero-order chi connectivity index (χ0) is 12.4. The van der Waals surface area contributed by atoms with Gasteiger partial charge in [-0.05, 0) is 28.1 Å². The highest BCUT2D eigenvalue weighted by Crippen LogP contribution is 2.17. The highest BCUT2D eigenvalue weighted by Gasteiger charge is 2.11. The number of aromatic amines is 1. The van der Waals surface area contributed by atoms with Gasteiger partial charge in [-0.15, -0.1) is 5.10 Å². The molecule has 0 spiro atoms. The van der Waals surface area contributed by atoms with Gasteiger partial charge < -0.3 is 5.11 Å². The summed E-state index contributed by atoms with van der Waals surface area (Å²) < 4.78 is 1.83. The molecule has 2 rings (SSSR count). The number of benzene rings is 1. The molecule has 7 heteroatoms. The van der Waals surface area contributed by atoms with E-state index in [1.165, 1.54) is 0 Å². The van der Waals surface area contributed by atoms with Gasteiger partial charge in [0.25, 0.3) is 0 Å². The van der Waals surface area contributed by atoms with Crippen molar-refractivity contribution in [2.24, 2.45) is 0 Å². The highest BCUT2D eigenvalue weighted by molar-refractivity contribution is 9.10. The molecule has 17 heavy (non-hydrogen) atoms. The van der Waals surface area contributed by atoms with Gasteiger partial charge >= 0.3 is 11.7 Å². The van der Waals surface area contributed by atoms with E-state index >= 15 is 0 Å². The molecule has 88 valence electrons. The summed E-state index contributed by atoms with van der Waals surface area (Å²) >= 11 is 3.30. The summed E-state index contributed by atoms with van der Waals surface area (Å²) in [7, 11) is 0. The van der Waals surface area contributed by atoms with Crippen LogP contribution in [-0.2, 0) is 11.2 Å². The number of H-pyrrole nitrogens is 1. The van der Waals surface area contributed by atoms with E-state index < -0.39 is 11.7 Å². The second-order valence-corrected chi connectivity index (χ2v) is 4.16. The Labute approximate surface area is 104 Å². The van der Waals surface area contributed by atoms with Gasteiger partial charge in [0.1, 0.15) is 12.2 Å². The van der Waals surface area contributed by atoms with E-state index in [-0.39, 0.29) is 12.2 Å². The van der Waals surface area contributed by atoms with Gasteiger partial charge in [0.05, 0.1) is 5.69 Å². The normalized spacial score (nSPS) is 10.4. The first-order valence-corrected chi connectivity index (χ1v) is 5.52. The molecule has 2 aromatic rings. The number of hydrogen-bond donors (Lipinski definition) is 2. The third-order valence-electron chi connectivity index (χ3n) is 2.06. The SMILES string of the molecule is O=C(O)Cc1nn(-c2ccccc2Br)c(=O)[nH]1. The molecule has 0 saturated carbocycles. The van der Waals surface area contributed by atoms with Gasteiger partial charge in [0, 0.05) is 4.47 Å². The zero-order valence-corrected chi connectivity index (χ0v) is 10.1. The van der Waals surface area contributed by atoms with Crippen molar-refractivity contribution in [3.05, 3.63) is 45.0 Å². The van der Waals surface area contributed by atoms with Gasteiger partial charge in [0.2, 0.25) is 0 Å². The smallest absolute Gasteiger partial charge is 0.348 e. The van der Waals surface area contributed by atoms with Crippen LogP contribution in [0.25, 0.3) is 5.69 Å². The van der Waals surface area contributed by atoms with Gasteiger partial charge in [-0.2, -0.15) is 4.68 Å². The molecule has 1 aromatic carbocycles. The van der Waals surface area contributed by atoms with Gasteiger partial charge in [-0.1, -0.05) is 12.1 Å². The molecular weight excluding hydrogens is 290 g/mol. The van der Waals surface area contributed by atoms with Crippen molar-refractivity contribution >= 4 is 21.9 Å². The van der Waals surface area contributed by atoms with Crippen LogP contribution in [0.3, 0.4) is 0 Å². The fourth-order valence-corrected chi connectivity index (χ4v) is 1.83. The molecule has 0 amide bonds. The first-order valence-electron chi connectivity index (χ1n) is 4.73. The van der Waals surface area contributed by atoms with Crippen molar-refractivity contribution in [2.45, 2.75) is 6.42 Å². The van der Waals surface area contributed by atoms with E-state index in [2.05, 4.69) is 26.0 Å². The number of carboxylic acid groups (broad SMARTS) is 1. The Balaban J connectivity index is 2.47. The second kappa shape index (κ2) is 4.54. The lowest BCUT2D eigenvalue weighted by atomic mass is 10.3. The highest BCUT2D eigenvalue weighted by atomic mass is 79.9. The molecule has 1 aromatic heterocycles. The lowest BCUT2D eigenvalue weighted by Gasteiger charge is -2.01. The minimum Gasteiger partial charge on any atom is -0.481 e. The molecule has 0 unspecified atom stereocenters. The lowest BCUT2D eigenvalue weighted by molar-refractivity contribution is -0.136. The number of para-hydroxylation sites is 1. The largest absolute Gasteiger partial charge is 0.481 e. The number of halogens is 1. The number of nitrogens with zero attached hydrogens (tertiary/aromatic N) is 2. The average molecular weight is 298 g/mol. The van der Waals surface area contributed by atoms with Crippen molar-refractivity contribution in [2.75, 3.05) is 0 Å². The maximum absolute atomic E-state index is 11.6. The van der Waals surface area contributed by atoms with Crippen LogP contribution < -0.4 is 5.69 Å². The van der Waals surface area contributed by atoms with Crippen LogP contribution in [0.15, 0.2) is 33.5 Å². The number of aromatic nitrogens is 3. The Bertz CT molecular complexity index is 617. The van der Waals surface area contributed by atoms with Gasteiger partial charge in [0.15, 0.2) is 0 Å². The minimum atomic E-state index is -1.04. The molecule has 0 bridgehead atoms. The van der Waals surface area contributed by atoms with Crippen LogP contribution in [0.4, 0.5) is 0 Å². The standard InChI is InChI=1S/C10H8BrN3O3/c11-6-3-1-2-4-7(6)14-10(17)12-8(13-14)5-9(15)16/h1-4H,5H2,(H,15,16)(H,12,13,17). The molecule has 0 fully saturated rings. The summed E-state index contributed by atoms with van der Waals surface area (Å²) in [6.45, 7) is 0. The quantitative estimate of drug-likeness (QED) is 0.883. The summed E-state index contributed by atoms with van der Waals surface area (Å²) in [4.78, 5) is 24.5. The third-order valence-corrected chi connectivity index (χ3v) is 2.73. The van der Waals surface area contributed by atoms with E-state index in [0.717, 1.165) is 4.68 Å². The van der Waals surface area contributed by atoms with E-state index in [1.54, 1.807) is 18.2 Å². The summed E-state index contributed by atoms with van der Waals surface area (Å²) in [6, 6.07) is 7.05. The van der Waals surface area contributed by atoms with Crippen LogP contribution in [0.1, 0.15) is 5.82 Å². The predicted octanol–water partition coefficient (Wildman–Crippen LogP) is 0.950. The number of hydrogen-bond acceptors (Lipinski definition) is 3. The van der Waals surface area contributed by atoms with Crippen molar-refractivity contribution in [1.29, 1.82) is 0 Å². The Morgan fingerprint density at radius 1 is 1.47 bits per heavy atom. The van der Waals surface area contributed by atoms with Gasteiger partial charge in [-0.25, -0.2) is 4.79 Å². The van der Waals surface area contributed by atoms with Crippen LogP contribution in [0.2, 0.25) is 0 Å². The van der Waals surface area contributed by atoms with Crippen molar-refractivity contribution < 1.29 is 9.90 Å². The Hall–Kier alpha value is -1.89. The monoisotopic (exact) mass is 297 g/mol. The number of carboxylic acids is 1. The number of aliphatic carboxylic acids is 1. The summed E-state index contributed by atoms with van der Waals surface area (Å²) in [5.41, 5.74) is 0.0959. The molecule has 0 aliphatic carbocycles. The Morgan fingerprint density at radius 2 is 2.18 bits per heavy atom. The van der Waals surface area contributed by atoms with Crippen molar-refractivity contribution in [3.8, 4) is 5.69 Å². The predicted molar refractivity (Wildman–Crippen MR) is 63.2 cm³/mol. The van der Waals surface area contributed by atoms with E-state index in [4.69, 9.17) is 5.11 Å². The van der Waals surface area contributed by atoms with Crippen LogP contribution >= 0.6 is 15.9 Å². The lowest BCUT2D eigenvalue weighted by Crippen LogP contribution is -2.16. The average Bonchev–Trinajstić information content (AvgIpc) is 2.59. The first kappa shape index (κ1) is 11.6. The fraction of sp³-hybridized carbons (Fsp3) is 0.100. The number of carbonyl (C=O) groups is 1. The second-order valence-electron chi connectivity index (χ2n) is 3.31. The van der Waals surface area contributed by atoms with E-state index in [0.29, 0.717) is 10.2 Å². The molecule has 0 atom stereocenters. The van der Waals surface area contributed by atoms with Crippen molar-refractivity contribution in [3.63, 3.8) is 0 Å². The maximum Gasteiger partial charge on any atom is 0.348 e. The van der Waals surface area contributed by atoms with Crippen LogP contribution in [0.5, 0.6) is 0 Å². The number of nitrogens with one attached hydrogen (secondary N) is 1. The number of rotatable bonds is 3. The molecule has 0 aliphatic heterocycles. The molecule has 6 nitrogen and oxygen atoms in total. The Kier molecular flexibility index (Phi) is 3.10. The molecule has 0 radical (unpaired) electrons. The summed E-state index contributed by atoms with van der Waals surface area (Å²) in [5.74, 6) is -0.920. The van der Waals surface area contributed by atoms with Crippen LogP contribution in [-0.4, -0.2) is 25.8 Å². The summed E-state index contributed by atoms with van der Waals surface area (Å²) in [5, 5.41) is 12.5. The topological polar surface area (TPSA) is 88.0 Å². The molecule has 1 heterocycles. The fourth-order valence-electron chi connectivity index (χ4n) is 1.38.